The highest BCUT2D eigenvalue weighted by molar-refractivity contribution is 6.02. The molecule has 1 saturated heterocycles. The van der Waals surface area contributed by atoms with Crippen LogP contribution in [0, 0.1) is 12.7 Å². The Balaban J connectivity index is 1.39. The fourth-order valence-corrected chi connectivity index (χ4v) is 3.54. The minimum absolute atomic E-state index is 0.0975. The molecule has 2 aromatic rings. The van der Waals surface area contributed by atoms with Crippen LogP contribution in [-0.4, -0.2) is 71.9 Å². The summed E-state index contributed by atoms with van der Waals surface area (Å²) in [5.41, 5.74) is 1.93. The number of amides is 1. The van der Waals surface area contributed by atoms with Crippen LogP contribution >= 0.6 is 0 Å². The minimum atomic E-state index is -0.472. The number of aryl methyl sites for hydroxylation is 1. The van der Waals surface area contributed by atoms with Gasteiger partial charge in [-0.05, 0) is 30.7 Å². The monoisotopic (exact) mass is 460 g/mol. The van der Waals surface area contributed by atoms with Gasteiger partial charge in [0.15, 0.2) is 17.7 Å². The van der Waals surface area contributed by atoms with Gasteiger partial charge in [0.05, 0.1) is 32.6 Å². The fraction of sp³-hybridized carbons (Fsp3) is 0.455. The van der Waals surface area contributed by atoms with Crippen LogP contribution in [0.2, 0.25) is 0 Å². The number of aromatic nitrogens is 2. The number of oxime groups is 1. The molecule has 3 heterocycles. The molecule has 2 aliphatic rings. The third kappa shape index (κ3) is 5.44. The summed E-state index contributed by atoms with van der Waals surface area (Å²) in [7, 11) is 1.38. The SMILES string of the molecule is COc1cc(CNC(=O)c2cc(C3=NOC(C4CO[C@H](CO)CO4)C3)nc(C)n2)ccc1F. The maximum absolute atomic E-state index is 13.6. The van der Waals surface area contributed by atoms with Gasteiger partial charge >= 0.3 is 0 Å². The van der Waals surface area contributed by atoms with E-state index >= 15 is 0 Å². The second-order valence-corrected chi connectivity index (χ2v) is 7.73. The number of nitrogens with one attached hydrogen (secondary N) is 1. The van der Waals surface area contributed by atoms with Gasteiger partial charge < -0.3 is 29.5 Å². The normalized spacial score (nSPS) is 22.4. The standard InChI is InChI=1S/C22H25FN4O6/c1-12-25-16(17-7-20(33-27-17)21-11-31-14(9-28)10-32-21)6-18(26-12)22(29)24-8-13-3-4-15(23)19(5-13)30-2/h3-6,14,20-21,28H,7-11H2,1-2H3,(H,24,29)/t14-,20?,21?/m1/s1. The molecule has 2 unspecified atom stereocenters. The molecule has 0 aliphatic carbocycles. The fourth-order valence-electron chi connectivity index (χ4n) is 3.54. The molecule has 0 saturated carbocycles. The zero-order chi connectivity index (χ0) is 23.4. The highest BCUT2D eigenvalue weighted by Gasteiger charge is 2.35. The number of hydrogen-bond donors (Lipinski definition) is 2. The number of hydrogen-bond acceptors (Lipinski definition) is 9. The van der Waals surface area contributed by atoms with E-state index in [9.17, 15) is 9.18 Å². The lowest BCUT2D eigenvalue weighted by Crippen LogP contribution is -2.43. The highest BCUT2D eigenvalue weighted by Crippen LogP contribution is 2.23. The van der Waals surface area contributed by atoms with E-state index in [4.69, 9.17) is 24.2 Å². The molecule has 2 N–H and O–H groups in total. The van der Waals surface area contributed by atoms with E-state index in [1.54, 1.807) is 19.1 Å². The van der Waals surface area contributed by atoms with Gasteiger partial charge in [-0.2, -0.15) is 0 Å². The van der Waals surface area contributed by atoms with Crippen molar-refractivity contribution in [1.82, 2.24) is 15.3 Å². The van der Waals surface area contributed by atoms with E-state index in [0.29, 0.717) is 35.8 Å². The molecular formula is C22H25FN4O6. The molecule has 3 atom stereocenters. The third-order valence-corrected chi connectivity index (χ3v) is 5.34. The van der Waals surface area contributed by atoms with Crippen LogP contribution in [0.5, 0.6) is 5.75 Å². The summed E-state index contributed by atoms with van der Waals surface area (Å²) in [6, 6.07) is 5.93. The maximum atomic E-state index is 13.6. The molecule has 1 fully saturated rings. The Kier molecular flexibility index (Phi) is 7.11. The zero-order valence-electron chi connectivity index (χ0n) is 18.3. The van der Waals surface area contributed by atoms with Crippen molar-refractivity contribution in [2.75, 3.05) is 26.9 Å². The first-order valence-electron chi connectivity index (χ1n) is 10.5. The predicted molar refractivity (Wildman–Crippen MR) is 113 cm³/mol. The maximum Gasteiger partial charge on any atom is 0.270 e. The van der Waals surface area contributed by atoms with E-state index in [0.717, 1.165) is 0 Å². The first-order valence-corrected chi connectivity index (χ1v) is 10.5. The van der Waals surface area contributed by atoms with Crippen molar-refractivity contribution >= 4 is 11.6 Å². The number of nitrogens with zero attached hydrogens (tertiary/aromatic N) is 3. The molecular weight excluding hydrogens is 435 g/mol. The Morgan fingerprint density at radius 1 is 1.24 bits per heavy atom. The molecule has 0 bridgehead atoms. The Labute approximate surface area is 189 Å². The van der Waals surface area contributed by atoms with Crippen molar-refractivity contribution in [3.8, 4) is 5.75 Å². The van der Waals surface area contributed by atoms with Crippen molar-refractivity contribution in [3.05, 3.63) is 52.9 Å². The quantitative estimate of drug-likeness (QED) is 0.630. The summed E-state index contributed by atoms with van der Waals surface area (Å²) in [4.78, 5) is 26.8. The molecule has 0 spiro atoms. The zero-order valence-corrected chi connectivity index (χ0v) is 18.3. The Morgan fingerprint density at radius 2 is 2.09 bits per heavy atom. The van der Waals surface area contributed by atoms with Gasteiger partial charge in [-0.15, -0.1) is 0 Å². The minimum Gasteiger partial charge on any atom is -0.494 e. The van der Waals surface area contributed by atoms with E-state index in [1.165, 1.54) is 19.2 Å². The van der Waals surface area contributed by atoms with Crippen LogP contribution < -0.4 is 10.1 Å². The molecule has 1 aromatic carbocycles. The van der Waals surface area contributed by atoms with Gasteiger partial charge in [0.2, 0.25) is 0 Å². The third-order valence-electron chi connectivity index (χ3n) is 5.34. The van der Waals surface area contributed by atoms with E-state index < -0.39 is 11.7 Å². The van der Waals surface area contributed by atoms with Gasteiger partial charge in [0, 0.05) is 13.0 Å². The summed E-state index contributed by atoms with van der Waals surface area (Å²) in [6.45, 7) is 2.34. The van der Waals surface area contributed by atoms with E-state index in [2.05, 4.69) is 20.4 Å². The smallest absolute Gasteiger partial charge is 0.270 e. The molecule has 11 heteroatoms. The van der Waals surface area contributed by atoms with Gasteiger partial charge in [0.1, 0.15) is 29.4 Å². The number of methoxy groups -OCH3 is 1. The van der Waals surface area contributed by atoms with Crippen LogP contribution in [0.15, 0.2) is 29.4 Å². The molecule has 33 heavy (non-hydrogen) atoms. The first-order chi connectivity index (χ1) is 16.0. The van der Waals surface area contributed by atoms with E-state index in [1.807, 2.05) is 0 Å². The van der Waals surface area contributed by atoms with Crippen LogP contribution in [0.1, 0.15) is 34.0 Å². The predicted octanol–water partition coefficient (Wildman–Crippen LogP) is 1.13. The molecule has 10 nitrogen and oxygen atoms in total. The topological polar surface area (TPSA) is 124 Å². The number of carbonyl (C=O) groups is 1. The summed E-state index contributed by atoms with van der Waals surface area (Å²) in [5.74, 6) is -0.356. The van der Waals surface area contributed by atoms with E-state index in [-0.39, 0.29) is 49.5 Å². The van der Waals surface area contributed by atoms with Gasteiger partial charge in [-0.3, -0.25) is 4.79 Å². The van der Waals surface area contributed by atoms with Crippen LogP contribution in [0.3, 0.4) is 0 Å². The average molecular weight is 460 g/mol. The lowest BCUT2D eigenvalue weighted by Gasteiger charge is -2.30. The Morgan fingerprint density at radius 3 is 2.82 bits per heavy atom. The Bertz CT molecular complexity index is 1040. The van der Waals surface area contributed by atoms with Crippen molar-refractivity contribution in [2.24, 2.45) is 5.16 Å². The number of halogens is 1. The van der Waals surface area contributed by atoms with Crippen molar-refractivity contribution in [3.63, 3.8) is 0 Å². The number of ether oxygens (including phenoxy) is 3. The lowest BCUT2D eigenvalue weighted by atomic mass is 10.0. The van der Waals surface area contributed by atoms with Gasteiger partial charge in [0.25, 0.3) is 5.91 Å². The molecule has 1 amide bonds. The number of carbonyl (C=O) groups excluding carboxylic acids is 1. The van der Waals surface area contributed by atoms with Crippen molar-refractivity contribution in [2.45, 2.75) is 38.2 Å². The lowest BCUT2D eigenvalue weighted by molar-refractivity contribution is -0.178. The number of aliphatic hydroxyl groups is 1. The molecule has 0 radical (unpaired) electrons. The number of benzene rings is 1. The summed E-state index contributed by atoms with van der Waals surface area (Å²) in [5, 5.41) is 16.0. The largest absolute Gasteiger partial charge is 0.494 e. The average Bonchev–Trinajstić information content (AvgIpc) is 3.33. The second-order valence-electron chi connectivity index (χ2n) is 7.73. The van der Waals surface area contributed by atoms with Crippen LogP contribution in [0.25, 0.3) is 0 Å². The van der Waals surface area contributed by atoms with Gasteiger partial charge in [-0.25, -0.2) is 14.4 Å². The summed E-state index contributed by atoms with van der Waals surface area (Å²) in [6.07, 6.45) is -0.553. The van der Waals surface area contributed by atoms with Crippen LogP contribution in [-0.2, 0) is 20.9 Å². The Hall–Kier alpha value is -3.15. The van der Waals surface area contributed by atoms with Crippen molar-refractivity contribution < 1.29 is 33.3 Å². The highest BCUT2D eigenvalue weighted by atomic mass is 19.1. The molecule has 1 aromatic heterocycles. The second kappa shape index (κ2) is 10.2. The van der Waals surface area contributed by atoms with Crippen molar-refractivity contribution in [1.29, 1.82) is 0 Å². The number of aliphatic hydroxyl groups excluding tert-OH is 1. The van der Waals surface area contributed by atoms with Crippen LogP contribution in [0.4, 0.5) is 4.39 Å². The molecule has 2 aliphatic heterocycles. The first kappa shape index (κ1) is 23.0. The molecule has 4 rings (SSSR count). The van der Waals surface area contributed by atoms with Gasteiger partial charge in [-0.1, -0.05) is 11.2 Å². The molecule has 176 valence electrons. The number of rotatable bonds is 7. The summed E-state index contributed by atoms with van der Waals surface area (Å²) < 4.78 is 29.8. The summed E-state index contributed by atoms with van der Waals surface area (Å²) >= 11 is 0.